The van der Waals surface area contributed by atoms with Gasteiger partial charge in [-0.15, -0.1) is 5.06 Å². The lowest BCUT2D eigenvalue weighted by molar-refractivity contribution is -0.159. The average molecular weight is 399 g/mol. The molecule has 0 bridgehead atoms. The Kier molecular flexibility index (Phi) is 4.81. The maximum atomic E-state index is 12.4. The first-order chi connectivity index (χ1) is 14.7. The number of ether oxygens (including phenoxy) is 1. The lowest BCUT2D eigenvalue weighted by Gasteiger charge is -2.36. The highest BCUT2D eigenvalue weighted by Crippen LogP contribution is 2.41. The minimum absolute atomic E-state index is 0.147. The van der Waals surface area contributed by atoms with Gasteiger partial charge < -0.3 is 4.74 Å². The Bertz CT molecular complexity index is 1050. The van der Waals surface area contributed by atoms with Crippen molar-refractivity contribution in [1.82, 2.24) is 5.06 Å². The molecule has 1 heterocycles. The van der Waals surface area contributed by atoms with Crippen LogP contribution in [-0.4, -0.2) is 23.0 Å². The highest BCUT2D eigenvalue weighted by Gasteiger charge is 2.41. The Morgan fingerprint density at radius 1 is 0.800 bits per heavy atom. The number of imide groups is 1. The van der Waals surface area contributed by atoms with E-state index < -0.39 is 0 Å². The van der Waals surface area contributed by atoms with Gasteiger partial charge in [-0.05, 0) is 54.2 Å². The van der Waals surface area contributed by atoms with Crippen molar-refractivity contribution in [3.8, 4) is 5.75 Å². The van der Waals surface area contributed by atoms with Crippen LogP contribution in [0.2, 0.25) is 0 Å². The van der Waals surface area contributed by atoms with Crippen molar-refractivity contribution < 1.29 is 19.2 Å². The maximum absolute atomic E-state index is 12.4. The van der Waals surface area contributed by atoms with Crippen molar-refractivity contribution in [3.05, 3.63) is 101 Å². The van der Waals surface area contributed by atoms with E-state index in [1.165, 1.54) is 5.56 Å². The van der Waals surface area contributed by atoms with E-state index in [0.717, 1.165) is 29.2 Å². The number of hydrogen-bond donors (Lipinski definition) is 0. The molecule has 0 atom stereocenters. The lowest BCUT2D eigenvalue weighted by atomic mass is 9.77. The second kappa shape index (κ2) is 7.76. The van der Waals surface area contributed by atoms with Crippen LogP contribution in [0.5, 0.6) is 5.75 Å². The van der Waals surface area contributed by atoms with Crippen molar-refractivity contribution in [1.29, 1.82) is 0 Å². The number of fused-ring (bicyclic) bond motifs is 1. The van der Waals surface area contributed by atoms with Crippen molar-refractivity contribution in [2.75, 3.05) is 0 Å². The van der Waals surface area contributed by atoms with Crippen molar-refractivity contribution >= 4 is 11.8 Å². The maximum Gasteiger partial charge on any atom is 0.285 e. The van der Waals surface area contributed by atoms with Gasteiger partial charge in [-0.3, -0.25) is 14.4 Å². The molecule has 1 fully saturated rings. The molecule has 5 rings (SSSR count). The number of carbonyl (C=O) groups is 2. The van der Waals surface area contributed by atoms with Crippen LogP contribution in [0, 0.1) is 0 Å². The van der Waals surface area contributed by atoms with Crippen LogP contribution >= 0.6 is 0 Å². The molecule has 150 valence electrons. The molecule has 0 saturated heterocycles. The number of amides is 2. The van der Waals surface area contributed by atoms with Crippen LogP contribution in [0.15, 0.2) is 78.9 Å². The van der Waals surface area contributed by atoms with Gasteiger partial charge in [-0.2, -0.15) is 0 Å². The average Bonchev–Trinajstić information content (AvgIpc) is 3.00. The minimum atomic E-state index is -0.379. The highest BCUT2D eigenvalue weighted by molar-refractivity contribution is 6.20. The van der Waals surface area contributed by atoms with E-state index in [1.54, 1.807) is 24.3 Å². The Hall–Kier alpha value is -3.44. The molecule has 1 aliphatic heterocycles. The molecule has 0 N–H and O–H groups in total. The minimum Gasteiger partial charge on any atom is -0.489 e. The largest absolute Gasteiger partial charge is 0.489 e. The summed E-state index contributed by atoms with van der Waals surface area (Å²) in [4.78, 5) is 30.6. The van der Waals surface area contributed by atoms with Crippen LogP contribution in [0.25, 0.3) is 0 Å². The standard InChI is InChI=1S/C25H21NO4/c27-24-22-11-4-5-12-23(22)25(28)26(24)30-21-14-19(15-21)18-9-6-10-20(13-18)29-16-17-7-2-1-3-8-17/h1-13,19,21H,14-16H2. The normalized spacial score (nSPS) is 20.1. The molecule has 0 spiro atoms. The summed E-state index contributed by atoms with van der Waals surface area (Å²) >= 11 is 0. The monoisotopic (exact) mass is 399 g/mol. The smallest absolute Gasteiger partial charge is 0.285 e. The summed E-state index contributed by atoms with van der Waals surface area (Å²) in [5.74, 6) is 0.400. The molecule has 0 radical (unpaired) electrons. The number of hydroxylamine groups is 2. The Balaban J connectivity index is 1.18. The molecule has 3 aromatic carbocycles. The highest BCUT2D eigenvalue weighted by atomic mass is 16.7. The number of rotatable bonds is 6. The van der Waals surface area contributed by atoms with E-state index in [1.807, 2.05) is 42.5 Å². The third-order valence-electron chi connectivity index (χ3n) is 5.68. The lowest BCUT2D eigenvalue weighted by Crippen LogP contribution is -2.40. The third kappa shape index (κ3) is 3.48. The first-order valence-electron chi connectivity index (χ1n) is 10.1. The summed E-state index contributed by atoms with van der Waals surface area (Å²) in [5, 5.41) is 0.922. The second-order valence-electron chi connectivity index (χ2n) is 7.69. The zero-order valence-corrected chi connectivity index (χ0v) is 16.4. The predicted octanol–water partition coefficient (Wildman–Crippen LogP) is 4.74. The number of hydrogen-bond acceptors (Lipinski definition) is 4. The van der Waals surface area contributed by atoms with E-state index in [2.05, 4.69) is 12.1 Å². The summed E-state index contributed by atoms with van der Waals surface area (Å²) in [6, 6.07) is 25.0. The van der Waals surface area contributed by atoms with Gasteiger partial charge in [0.1, 0.15) is 12.4 Å². The number of carbonyl (C=O) groups excluding carboxylic acids is 2. The molecule has 30 heavy (non-hydrogen) atoms. The quantitative estimate of drug-likeness (QED) is 0.562. The molecule has 1 saturated carbocycles. The van der Waals surface area contributed by atoms with Crippen LogP contribution < -0.4 is 4.74 Å². The topological polar surface area (TPSA) is 55.8 Å². The molecule has 0 aromatic heterocycles. The van der Waals surface area contributed by atoms with Crippen LogP contribution in [0.4, 0.5) is 0 Å². The molecular formula is C25H21NO4. The molecule has 2 aliphatic rings. The summed E-state index contributed by atoms with van der Waals surface area (Å²) in [7, 11) is 0. The summed E-state index contributed by atoms with van der Waals surface area (Å²) < 4.78 is 5.92. The van der Waals surface area contributed by atoms with Gasteiger partial charge in [0.25, 0.3) is 11.8 Å². The number of benzene rings is 3. The molecule has 3 aromatic rings. The Morgan fingerprint density at radius 2 is 1.47 bits per heavy atom. The predicted molar refractivity (Wildman–Crippen MR) is 111 cm³/mol. The molecule has 2 amide bonds. The summed E-state index contributed by atoms with van der Waals surface area (Å²) in [5.41, 5.74) is 3.12. The summed E-state index contributed by atoms with van der Waals surface area (Å²) in [6.07, 6.45) is 1.37. The number of nitrogens with zero attached hydrogens (tertiary/aromatic N) is 1. The zero-order chi connectivity index (χ0) is 20.5. The van der Waals surface area contributed by atoms with Gasteiger partial charge in [0.2, 0.25) is 0 Å². The van der Waals surface area contributed by atoms with Gasteiger partial charge in [-0.1, -0.05) is 54.6 Å². The molecule has 1 aliphatic carbocycles. The first-order valence-corrected chi connectivity index (χ1v) is 10.1. The van der Waals surface area contributed by atoms with E-state index in [4.69, 9.17) is 9.57 Å². The van der Waals surface area contributed by atoms with E-state index in [9.17, 15) is 9.59 Å². The molecular weight excluding hydrogens is 378 g/mol. The summed E-state index contributed by atoms with van der Waals surface area (Å²) in [6.45, 7) is 0.528. The van der Waals surface area contributed by atoms with Gasteiger partial charge >= 0.3 is 0 Å². The van der Waals surface area contributed by atoms with Gasteiger partial charge in [0.15, 0.2) is 0 Å². The fourth-order valence-electron chi connectivity index (χ4n) is 3.93. The van der Waals surface area contributed by atoms with Gasteiger partial charge in [-0.25, -0.2) is 0 Å². The third-order valence-corrected chi connectivity index (χ3v) is 5.68. The SMILES string of the molecule is O=C1c2ccccc2C(=O)N1OC1CC(c2cccc(OCc3ccccc3)c2)C1. The fraction of sp³-hybridized carbons (Fsp3) is 0.200. The van der Waals surface area contributed by atoms with E-state index in [0.29, 0.717) is 23.7 Å². The Morgan fingerprint density at radius 3 is 2.17 bits per heavy atom. The first kappa shape index (κ1) is 18.6. The van der Waals surface area contributed by atoms with Gasteiger partial charge in [0, 0.05) is 0 Å². The van der Waals surface area contributed by atoms with E-state index in [-0.39, 0.29) is 17.9 Å². The van der Waals surface area contributed by atoms with Crippen molar-refractivity contribution in [2.45, 2.75) is 31.5 Å². The van der Waals surface area contributed by atoms with Crippen LogP contribution in [-0.2, 0) is 11.4 Å². The van der Waals surface area contributed by atoms with Crippen molar-refractivity contribution in [3.63, 3.8) is 0 Å². The zero-order valence-electron chi connectivity index (χ0n) is 16.4. The van der Waals surface area contributed by atoms with Crippen molar-refractivity contribution in [2.24, 2.45) is 0 Å². The van der Waals surface area contributed by atoms with Crippen LogP contribution in [0.3, 0.4) is 0 Å². The molecule has 5 nitrogen and oxygen atoms in total. The molecule has 0 unspecified atom stereocenters. The molecule has 5 heteroatoms. The van der Waals surface area contributed by atoms with Gasteiger partial charge in [0.05, 0.1) is 17.2 Å². The second-order valence-corrected chi connectivity index (χ2v) is 7.69. The fourth-order valence-corrected chi connectivity index (χ4v) is 3.93. The van der Waals surface area contributed by atoms with Crippen LogP contribution in [0.1, 0.15) is 50.6 Å². The Labute approximate surface area is 174 Å². The van der Waals surface area contributed by atoms with E-state index >= 15 is 0 Å².